The van der Waals surface area contributed by atoms with E-state index in [-0.39, 0.29) is 37.6 Å². The van der Waals surface area contributed by atoms with E-state index in [0.29, 0.717) is 61.8 Å². The average Bonchev–Trinajstić information content (AvgIpc) is 2.82. The van der Waals surface area contributed by atoms with Crippen LogP contribution in [0.2, 0.25) is 0 Å². The summed E-state index contributed by atoms with van der Waals surface area (Å²) in [5.41, 5.74) is 0.534. The minimum absolute atomic E-state index is 0.0855. The zero-order chi connectivity index (χ0) is 25.0. The van der Waals surface area contributed by atoms with Gasteiger partial charge in [0.2, 0.25) is 0 Å². The molecule has 0 heterocycles. The molecule has 0 radical (unpaired) electrons. The minimum Gasteiger partial charge on any atom is -0.460 e. The fourth-order valence-corrected chi connectivity index (χ4v) is 3.34. The Hall–Kier alpha value is -1.12. The van der Waals surface area contributed by atoms with Gasteiger partial charge in [-0.15, -0.1) is 0 Å². The fraction of sp³-hybridized carbons (Fsp3) is 0.636. The highest BCUT2D eigenvalue weighted by Gasteiger charge is 2.19. The zero-order valence-corrected chi connectivity index (χ0v) is 22.7. The Morgan fingerprint density at radius 2 is 0.853 bits per heavy atom. The molecule has 0 aromatic heterocycles. The molecule has 0 fully saturated rings. The Bertz CT molecular complexity index is 657. The van der Waals surface area contributed by atoms with Crippen LogP contribution in [-0.2, 0) is 37.9 Å². The standard InChI is InChI=1S/C22H32Br2O10/c1-27-3-5-29-7-9-31-11-13-33-21(25)17-15-20(24)18(16-19(17)23)22(26)34-14-12-32-10-8-30-6-4-28-2/h15-16H,3-14H2,1-2H3. The van der Waals surface area contributed by atoms with Gasteiger partial charge >= 0.3 is 11.9 Å². The monoisotopic (exact) mass is 614 g/mol. The van der Waals surface area contributed by atoms with E-state index in [2.05, 4.69) is 31.9 Å². The quantitative estimate of drug-likeness (QED) is 0.160. The van der Waals surface area contributed by atoms with Crippen molar-refractivity contribution in [2.24, 2.45) is 0 Å². The molecule has 10 nitrogen and oxygen atoms in total. The maximum absolute atomic E-state index is 12.3. The van der Waals surface area contributed by atoms with Crippen molar-refractivity contribution in [3.8, 4) is 0 Å². The molecule has 0 aliphatic carbocycles. The summed E-state index contributed by atoms with van der Waals surface area (Å²) in [4.78, 5) is 24.7. The van der Waals surface area contributed by atoms with Crippen LogP contribution in [0.1, 0.15) is 20.7 Å². The molecule has 0 saturated carbocycles. The van der Waals surface area contributed by atoms with Gasteiger partial charge in [0.25, 0.3) is 0 Å². The third kappa shape index (κ3) is 13.7. The third-order valence-corrected chi connectivity index (χ3v) is 5.34. The van der Waals surface area contributed by atoms with Crippen molar-refractivity contribution in [3.05, 3.63) is 32.2 Å². The number of halogens is 2. The Kier molecular flexibility index (Phi) is 18.3. The maximum atomic E-state index is 12.3. The first-order valence-electron chi connectivity index (χ1n) is 10.6. The Morgan fingerprint density at radius 3 is 1.18 bits per heavy atom. The number of methoxy groups -OCH3 is 2. The van der Waals surface area contributed by atoms with Crippen LogP contribution in [0.4, 0.5) is 0 Å². The molecule has 0 unspecified atom stereocenters. The molecular weight excluding hydrogens is 584 g/mol. The summed E-state index contributed by atoms with van der Waals surface area (Å²) >= 11 is 6.61. The molecule has 34 heavy (non-hydrogen) atoms. The Labute approximate surface area is 216 Å². The van der Waals surface area contributed by atoms with E-state index in [9.17, 15) is 9.59 Å². The minimum atomic E-state index is -0.548. The fourth-order valence-electron chi connectivity index (χ4n) is 2.33. The highest BCUT2D eigenvalue weighted by Crippen LogP contribution is 2.27. The lowest BCUT2D eigenvalue weighted by Crippen LogP contribution is -2.16. The van der Waals surface area contributed by atoms with Crippen molar-refractivity contribution in [3.63, 3.8) is 0 Å². The summed E-state index contributed by atoms with van der Waals surface area (Å²) in [6, 6.07) is 3.00. The van der Waals surface area contributed by atoms with E-state index in [1.807, 2.05) is 0 Å². The molecule has 0 amide bonds. The number of carbonyl (C=O) groups is 2. The zero-order valence-electron chi connectivity index (χ0n) is 19.5. The molecule has 12 heteroatoms. The predicted octanol–water partition coefficient (Wildman–Crippen LogP) is 2.88. The molecule has 0 saturated heterocycles. The first kappa shape index (κ1) is 30.9. The van der Waals surface area contributed by atoms with E-state index in [4.69, 9.17) is 37.9 Å². The van der Waals surface area contributed by atoms with Crippen LogP contribution >= 0.6 is 31.9 Å². The number of hydrogen-bond acceptors (Lipinski definition) is 10. The van der Waals surface area contributed by atoms with Gasteiger partial charge in [-0.2, -0.15) is 0 Å². The lowest BCUT2D eigenvalue weighted by Gasteiger charge is -2.11. The first-order chi connectivity index (χ1) is 16.5. The molecule has 0 aliphatic rings. The molecule has 0 N–H and O–H groups in total. The molecule has 0 bridgehead atoms. The van der Waals surface area contributed by atoms with Crippen LogP contribution in [0.15, 0.2) is 21.1 Å². The predicted molar refractivity (Wildman–Crippen MR) is 129 cm³/mol. The Balaban J connectivity index is 2.31. The lowest BCUT2D eigenvalue weighted by atomic mass is 10.1. The molecule has 194 valence electrons. The second kappa shape index (κ2) is 20.1. The molecular formula is C22H32Br2O10. The molecule has 0 aliphatic heterocycles. The summed E-state index contributed by atoms with van der Waals surface area (Å²) in [5.74, 6) is -1.10. The normalized spacial score (nSPS) is 10.9. The summed E-state index contributed by atoms with van der Waals surface area (Å²) in [5, 5.41) is 0. The van der Waals surface area contributed by atoms with Gasteiger partial charge in [0.1, 0.15) is 13.2 Å². The van der Waals surface area contributed by atoms with Crippen molar-refractivity contribution in [1.82, 2.24) is 0 Å². The lowest BCUT2D eigenvalue weighted by molar-refractivity contribution is 0.00529. The van der Waals surface area contributed by atoms with Crippen molar-refractivity contribution in [1.29, 1.82) is 0 Å². The van der Waals surface area contributed by atoms with Crippen LogP contribution in [-0.4, -0.2) is 105 Å². The summed E-state index contributed by atoms with van der Waals surface area (Å²) in [6.07, 6.45) is 0. The molecule has 1 rings (SSSR count). The van der Waals surface area contributed by atoms with E-state index in [0.717, 1.165) is 0 Å². The van der Waals surface area contributed by atoms with Crippen molar-refractivity contribution in [2.45, 2.75) is 0 Å². The highest BCUT2D eigenvalue weighted by atomic mass is 79.9. The van der Waals surface area contributed by atoms with Gasteiger partial charge in [0.05, 0.1) is 77.2 Å². The van der Waals surface area contributed by atoms with Crippen LogP contribution in [0.25, 0.3) is 0 Å². The van der Waals surface area contributed by atoms with Crippen molar-refractivity contribution >= 4 is 43.8 Å². The molecule has 0 spiro atoms. The number of carbonyl (C=O) groups excluding carboxylic acids is 2. The summed E-state index contributed by atoms with van der Waals surface area (Å²) in [6.45, 7) is 4.35. The maximum Gasteiger partial charge on any atom is 0.339 e. The highest BCUT2D eigenvalue weighted by molar-refractivity contribution is 9.11. The van der Waals surface area contributed by atoms with Gasteiger partial charge in [0, 0.05) is 23.2 Å². The van der Waals surface area contributed by atoms with Crippen molar-refractivity contribution < 1.29 is 47.5 Å². The van der Waals surface area contributed by atoms with Crippen LogP contribution < -0.4 is 0 Å². The van der Waals surface area contributed by atoms with Gasteiger partial charge in [-0.05, 0) is 44.0 Å². The number of rotatable bonds is 20. The van der Waals surface area contributed by atoms with Crippen molar-refractivity contribution in [2.75, 3.05) is 93.5 Å². The number of hydrogen-bond donors (Lipinski definition) is 0. The summed E-state index contributed by atoms with van der Waals surface area (Å²) < 4.78 is 42.2. The molecule has 1 aromatic carbocycles. The van der Waals surface area contributed by atoms with Crippen LogP contribution in [0.5, 0.6) is 0 Å². The molecule has 0 atom stereocenters. The van der Waals surface area contributed by atoms with Gasteiger partial charge in [-0.25, -0.2) is 9.59 Å². The second-order valence-electron chi connectivity index (χ2n) is 6.52. The van der Waals surface area contributed by atoms with E-state index in [1.54, 1.807) is 14.2 Å². The van der Waals surface area contributed by atoms with Gasteiger partial charge < -0.3 is 37.9 Å². The number of benzene rings is 1. The topological polar surface area (TPSA) is 108 Å². The number of esters is 2. The SMILES string of the molecule is COCCOCCOCCOC(=O)c1cc(Br)c(C(=O)OCCOCCOCCOC)cc1Br. The van der Waals surface area contributed by atoms with Gasteiger partial charge in [-0.1, -0.05) is 0 Å². The first-order valence-corrected chi connectivity index (χ1v) is 12.2. The van der Waals surface area contributed by atoms with E-state index in [1.165, 1.54) is 12.1 Å². The third-order valence-electron chi connectivity index (χ3n) is 4.03. The van der Waals surface area contributed by atoms with E-state index >= 15 is 0 Å². The summed E-state index contributed by atoms with van der Waals surface area (Å²) in [7, 11) is 3.21. The second-order valence-corrected chi connectivity index (χ2v) is 8.23. The van der Waals surface area contributed by atoms with Crippen LogP contribution in [0, 0.1) is 0 Å². The average molecular weight is 616 g/mol. The Morgan fingerprint density at radius 1 is 0.559 bits per heavy atom. The largest absolute Gasteiger partial charge is 0.460 e. The van der Waals surface area contributed by atoms with Gasteiger partial charge in [0.15, 0.2) is 0 Å². The molecule has 1 aromatic rings. The number of ether oxygens (including phenoxy) is 8. The van der Waals surface area contributed by atoms with E-state index < -0.39 is 11.9 Å². The van der Waals surface area contributed by atoms with Crippen LogP contribution in [0.3, 0.4) is 0 Å². The van der Waals surface area contributed by atoms with Gasteiger partial charge in [-0.3, -0.25) is 0 Å². The smallest absolute Gasteiger partial charge is 0.339 e.